The number of aromatic hydroxyl groups is 1. The number of rotatable bonds is 12. The Bertz CT molecular complexity index is 2120. The number of halogens is 1. The molecule has 0 spiro atoms. The number of aromatic nitrogens is 3. The second kappa shape index (κ2) is 14.9. The molecule has 262 valence electrons. The topological polar surface area (TPSA) is 164 Å². The van der Waals surface area contributed by atoms with Crippen LogP contribution in [0.2, 0.25) is 0 Å². The van der Waals surface area contributed by atoms with Crippen LogP contribution < -0.4 is 10.6 Å². The van der Waals surface area contributed by atoms with Gasteiger partial charge in [0.1, 0.15) is 10.6 Å². The second-order valence-electron chi connectivity index (χ2n) is 12.5. The van der Waals surface area contributed by atoms with Crippen molar-refractivity contribution >= 4 is 38.3 Å². The van der Waals surface area contributed by atoms with Gasteiger partial charge in [0.05, 0.1) is 23.6 Å². The first-order chi connectivity index (χ1) is 24.0. The normalized spacial score (nSPS) is 14.9. The molecule has 14 heteroatoms. The third kappa shape index (κ3) is 7.63. The maximum atomic E-state index is 15.1. The van der Waals surface area contributed by atoms with E-state index in [4.69, 9.17) is 4.98 Å². The molecule has 5 aromatic rings. The molecular formula is C36H40FN7O5S. The molecule has 0 saturated carbocycles. The lowest BCUT2D eigenvalue weighted by atomic mass is 9.99. The van der Waals surface area contributed by atoms with E-state index >= 15 is 4.39 Å². The highest BCUT2D eigenvalue weighted by Gasteiger charge is 2.26. The van der Waals surface area contributed by atoms with Crippen molar-refractivity contribution in [1.29, 1.82) is 0 Å². The van der Waals surface area contributed by atoms with Gasteiger partial charge < -0.3 is 25.8 Å². The zero-order valence-electron chi connectivity index (χ0n) is 27.9. The smallest absolute Gasteiger partial charge is 0.255 e. The van der Waals surface area contributed by atoms with Crippen LogP contribution in [0.1, 0.15) is 21.5 Å². The van der Waals surface area contributed by atoms with E-state index in [1.54, 1.807) is 24.4 Å². The Hall–Kier alpha value is -4.89. The first kappa shape index (κ1) is 35.0. The molecule has 0 radical (unpaired) electrons. The number of aryl methyl sites for hydroxylation is 1. The standard InChI is InChI=1S/C36H40FN7O5S/c1-23-20-40-36(41-29-10-6-12-31(32(29)37)50(2,48)49)42-33(23)28-22-38-34-24(7-5-9-26(28)34)19-25(44-15-13-43(14-16-44)17-18-45)21-39-35(47)27-8-3-4-11-30(27)46/h3-12,20,22,25,38,45-46H,13-19,21H2,1-2H3,(H,39,47)(H,40,41,42)/t25-/m1/s1. The molecule has 6 rings (SSSR count). The van der Waals surface area contributed by atoms with Gasteiger partial charge in [0, 0.05) is 80.4 Å². The first-order valence-corrected chi connectivity index (χ1v) is 18.2. The number of phenolic OH excluding ortho intramolecular Hbond substituents is 1. The molecule has 1 saturated heterocycles. The number of aliphatic hydroxyl groups is 1. The fourth-order valence-electron chi connectivity index (χ4n) is 6.42. The predicted octanol–water partition coefficient (Wildman–Crippen LogP) is 3.88. The molecule has 1 aliphatic heterocycles. The number of carbonyl (C=O) groups excluding carboxylic acids is 1. The number of sulfone groups is 1. The zero-order valence-corrected chi connectivity index (χ0v) is 28.7. The first-order valence-electron chi connectivity index (χ1n) is 16.4. The summed E-state index contributed by atoms with van der Waals surface area (Å²) in [4.78, 5) is 29.7. The van der Waals surface area contributed by atoms with Crippen LogP contribution >= 0.6 is 0 Å². The molecule has 12 nitrogen and oxygen atoms in total. The van der Waals surface area contributed by atoms with Crippen LogP contribution in [0.15, 0.2) is 78.0 Å². The Morgan fingerprint density at radius 3 is 2.56 bits per heavy atom. The molecular weight excluding hydrogens is 662 g/mol. The summed E-state index contributed by atoms with van der Waals surface area (Å²) < 4.78 is 39.2. The summed E-state index contributed by atoms with van der Waals surface area (Å²) in [5, 5.41) is 26.5. The van der Waals surface area contributed by atoms with Crippen LogP contribution in [0.5, 0.6) is 5.75 Å². The third-order valence-electron chi connectivity index (χ3n) is 9.08. The number of anilines is 2. The molecule has 1 aliphatic rings. The Morgan fingerprint density at radius 2 is 1.82 bits per heavy atom. The van der Waals surface area contributed by atoms with Crippen LogP contribution in [-0.4, -0.2) is 107 Å². The molecule has 0 aliphatic carbocycles. The molecule has 1 amide bonds. The number of fused-ring (bicyclic) bond motifs is 1. The number of nitrogens with one attached hydrogen (secondary N) is 3. The molecule has 0 bridgehead atoms. The number of amides is 1. The Labute approximate surface area is 289 Å². The van der Waals surface area contributed by atoms with Gasteiger partial charge in [-0.05, 0) is 48.7 Å². The fraction of sp³-hybridized carbons (Fsp3) is 0.306. The number of phenols is 1. The lowest BCUT2D eigenvalue weighted by Gasteiger charge is -2.39. The van der Waals surface area contributed by atoms with Crippen molar-refractivity contribution in [2.45, 2.75) is 24.3 Å². The van der Waals surface area contributed by atoms with Crippen LogP contribution in [-0.2, 0) is 16.3 Å². The van der Waals surface area contributed by atoms with Gasteiger partial charge in [-0.3, -0.25) is 14.6 Å². The zero-order chi connectivity index (χ0) is 35.4. The number of hydrogen-bond donors (Lipinski definition) is 5. The van der Waals surface area contributed by atoms with Crippen LogP contribution in [0.4, 0.5) is 16.0 Å². The summed E-state index contributed by atoms with van der Waals surface area (Å²) in [6, 6.07) is 16.5. The Morgan fingerprint density at radius 1 is 1.06 bits per heavy atom. The van der Waals surface area contributed by atoms with Gasteiger partial charge in [-0.1, -0.05) is 36.4 Å². The number of para-hydroxylation sites is 2. The summed E-state index contributed by atoms with van der Waals surface area (Å²) in [6.07, 6.45) is 5.07. The summed E-state index contributed by atoms with van der Waals surface area (Å²) >= 11 is 0. The van der Waals surface area contributed by atoms with Crippen molar-refractivity contribution in [3.05, 3.63) is 95.6 Å². The van der Waals surface area contributed by atoms with E-state index in [1.165, 1.54) is 24.3 Å². The molecule has 50 heavy (non-hydrogen) atoms. The maximum absolute atomic E-state index is 15.1. The van der Waals surface area contributed by atoms with E-state index in [2.05, 4.69) is 36.5 Å². The summed E-state index contributed by atoms with van der Waals surface area (Å²) in [6.45, 7) is 6.10. The van der Waals surface area contributed by atoms with Gasteiger partial charge in [0.25, 0.3) is 5.91 Å². The van der Waals surface area contributed by atoms with Crippen LogP contribution in [0.3, 0.4) is 0 Å². The highest BCUT2D eigenvalue weighted by atomic mass is 32.2. The van der Waals surface area contributed by atoms with Crippen molar-refractivity contribution in [3.63, 3.8) is 0 Å². The maximum Gasteiger partial charge on any atom is 0.255 e. The lowest BCUT2D eigenvalue weighted by molar-refractivity contribution is 0.0777. The van der Waals surface area contributed by atoms with Crippen molar-refractivity contribution < 1.29 is 27.8 Å². The SMILES string of the molecule is Cc1cnc(Nc2cccc(S(C)(=O)=O)c2F)nc1-c1c[nH]c2c(C[C@H](CNC(=O)c3ccccc3O)N3CCN(CCO)CC3)cccc12. The lowest BCUT2D eigenvalue weighted by Crippen LogP contribution is -2.54. The van der Waals surface area contributed by atoms with E-state index in [-0.39, 0.29) is 41.5 Å². The number of nitrogens with zero attached hydrogens (tertiary/aromatic N) is 4. The highest BCUT2D eigenvalue weighted by Crippen LogP contribution is 2.33. The summed E-state index contributed by atoms with van der Waals surface area (Å²) in [5.41, 5.74) is 4.35. The monoisotopic (exact) mass is 701 g/mol. The van der Waals surface area contributed by atoms with E-state index in [0.717, 1.165) is 60.0 Å². The minimum atomic E-state index is -3.78. The molecule has 2 aromatic heterocycles. The number of hydrogen-bond acceptors (Lipinski definition) is 10. The highest BCUT2D eigenvalue weighted by molar-refractivity contribution is 7.90. The van der Waals surface area contributed by atoms with E-state index < -0.39 is 20.5 Å². The van der Waals surface area contributed by atoms with Gasteiger partial charge in [0.2, 0.25) is 5.95 Å². The van der Waals surface area contributed by atoms with Gasteiger partial charge in [0.15, 0.2) is 15.7 Å². The van der Waals surface area contributed by atoms with Gasteiger partial charge in [-0.15, -0.1) is 0 Å². The number of H-pyrrole nitrogens is 1. The van der Waals surface area contributed by atoms with E-state index in [0.29, 0.717) is 25.2 Å². The number of benzene rings is 3. The minimum Gasteiger partial charge on any atom is -0.507 e. The molecule has 3 aromatic carbocycles. The van der Waals surface area contributed by atoms with Gasteiger partial charge >= 0.3 is 0 Å². The molecule has 5 N–H and O–H groups in total. The van der Waals surface area contributed by atoms with Crippen molar-refractivity contribution in [2.75, 3.05) is 57.4 Å². The molecule has 0 unspecified atom stereocenters. The van der Waals surface area contributed by atoms with Crippen molar-refractivity contribution in [3.8, 4) is 17.0 Å². The third-order valence-corrected chi connectivity index (χ3v) is 10.2. The average molecular weight is 702 g/mol. The van der Waals surface area contributed by atoms with Crippen molar-refractivity contribution in [2.24, 2.45) is 0 Å². The van der Waals surface area contributed by atoms with Crippen LogP contribution in [0, 0.1) is 12.7 Å². The predicted molar refractivity (Wildman–Crippen MR) is 190 cm³/mol. The summed E-state index contributed by atoms with van der Waals surface area (Å²) in [7, 11) is -3.78. The van der Waals surface area contributed by atoms with Gasteiger partial charge in [-0.2, -0.15) is 0 Å². The molecule has 3 heterocycles. The number of aromatic amines is 1. The number of β-amino-alcohol motifs (C(OH)–C–C–N with tert-alkyl or cyclic N) is 1. The van der Waals surface area contributed by atoms with Crippen molar-refractivity contribution in [1.82, 2.24) is 30.1 Å². The summed E-state index contributed by atoms with van der Waals surface area (Å²) in [5.74, 6) is -1.22. The molecule has 1 fully saturated rings. The quantitative estimate of drug-likeness (QED) is 0.129. The van der Waals surface area contributed by atoms with Gasteiger partial charge in [-0.25, -0.2) is 22.8 Å². The fourth-order valence-corrected chi connectivity index (χ4v) is 7.18. The van der Waals surface area contributed by atoms with E-state index in [9.17, 15) is 23.4 Å². The number of aliphatic hydroxyl groups excluding tert-OH is 1. The van der Waals surface area contributed by atoms with Crippen LogP contribution in [0.25, 0.3) is 22.2 Å². The number of piperazine rings is 1. The average Bonchev–Trinajstić information content (AvgIpc) is 3.53. The minimum absolute atomic E-state index is 0.0539. The Kier molecular flexibility index (Phi) is 10.4. The largest absolute Gasteiger partial charge is 0.507 e. The second-order valence-corrected chi connectivity index (χ2v) is 14.5. The number of carbonyl (C=O) groups is 1. The molecule has 1 atom stereocenters. The van der Waals surface area contributed by atoms with E-state index in [1.807, 2.05) is 25.3 Å². The Balaban J connectivity index is 1.27.